The number of carbonyl (C=O) groups excluding carboxylic acids is 4. The van der Waals surface area contributed by atoms with Gasteiger partial charge in [-0.15, -0.1) is 0 Å². The number of Topliss-reactive ketones (excluding diaryl/α,β-unsaturated/α-hetero) is 1. The van der Waals surface area contributed by atoms with Gasteiger partial charge in [-0.2, -0.15) is 0 Å². The summed E-state index contributed by atoms with van der Waals surface area (Å²) in [6.07, 6.45) is 2.20. The van der Waals surface area contributed by atoms with Crippen molar-refractivity contribution in [2.24, 2.45) is 0 Å². The molecule has 2 aromatic carbocycles. The zero-order valence-corrected chi connectivity index (χ0v) is 22.9. The van der Waals surface area contributed by atoms with Crippen molar-refractivity contribution in [1.82, 2.24) is 14.8 Å². The van der Waals surface area contributed by atoms with Gasteiger partial charge in [-0.25, -0.2) is 0 Å². The van der Waals surface area contributed by atoms with Gasteiger partial charge < -0.3 is 0 Å². The molecule has 2 aliphatic rings. The number of alkyl halides is 2. The predicted molar refractivity (Wildman–Crippen MR) is 129 cm³/mol. The van der Waals surface area contributed by atoms with Gasteiger partial charge in [0.25, 0.3) is 0 Å². The summed E-state index contributed by atoms with van der Waals surface area (Å²) in [7, 11) is 1.28. The first-order chi connectivity index (χ1) is 17.7. The van der Waals surface area contributed by atoms with Gasteiger partial charge in [-0.3, -0.25) is 0 Å². The van der Waals surface area contributed by atoms with Crippen molar-refractivity contribution in [2.45, 2.75) is 40.4 Å². The molecule has 0 spiro atoms. The Morgan fingerprint density at radius 1 is 1.22 bits per heavy atom. The summed E-state index contributed by atoms with van der Waals surface area (Å²) < 4.78 is 21.1. The van der Waals surface area contributed by atoms with Crippen LogP contribution in [-0.4, -0.2) is 54.2 Å². The number of carbonyl (C=O) groups is 4. The average Bonchev–Trinajstić information content (AvgIpc) is 3.39. The second kappa shape index (κ2) is 10.1. The number of esters is 1. The van der Waals surface area contributed by atoms with Crippen LogP contribution in [0.4, 0.5) is 4.39 Å². The predicted octanol–water partition coefficient (Wildman–Crippen LogP) is 0.138. The third-order valence-corrected chi connectivity index (χ3v) is 10.4. The van der Waals surface area contributed by atoms with Gasteiger partial charge in [-0.1, -0.05) is 0 Å². The third-order valence-electron chi connectivity index (χ3n) is 6.64. The fourth-order valence-electron chi connectivity index (χ4n) is 4.73. The Morgan fingerprint density at radius 2 is 2.00 bits per heavy atom. The number of benzene rings is 2. The first kappa shape index (κ1) is 25.7. The van der Waals surface area contributed by atoms with Gasteiger partial charge in [0.1, 0.15) is 0 Å². The van der Waals surface area contributed by atoms with E-state index in [1.165, 1.54) is 20.1 Å². The van der Waals surface area contributed by atoms with E-state index < -0.39 is 17.8 Å². The molecule has 2 saturated heterocycles. The van der Waals surface area contributed by atoms with Crippen molar-refractivity contribution < 1.29 is 49.5 Å². The first-order valence-corrected chi connectivity index (χ1v) is 14.4. The number of likely N-dealkylation sites (tertiary alicyclic amines) is 1. The number of aromatic nitrogens is 1. The molecule has 8 nitrogen and oxygen atoms in total. The molecule has 11 heteroatoms. The summed E-state index contributed by atoms with van der Waals surface area (Å²) in [4.78, 5) is 52.5. The average molecular weight is 639 g/mol. The molecule has 0 radical (unpaired) electrons. The Morgan fingerprint density at radius 3 is 2.73 bits per heavy atom. The second-order valence-corrected chi connectivity index (χ2v) is 13.0. The molecule has 1 N–H and O–H groups in total. The van der Waals surface area contributed by atoms with Crippen LogP contribution >= 0.6 is 11.6 Å². The molecular weight excluding hydrogens is 616 g/mol. The number of hydrogen-bond acceptors (Lipinski definition) is 5. The fraction of sp³-hybridized carbons (Fsp3) is 0.308. The van der Waals surface area contributed by atoms with E-state index >= 15 is 0 Å². The molecule has 2 fully saturated rings. The number of hydrogen-bond donors (Lipinski definition) is 1. The Labute approximate surface area is 227 Å². The summed E-state index contributed by atoms with van der Waals surface area (Å²) in [6, 6.07) is 8.81. The van der Waals surface area contributed by atoms with E-state index in [1.54, 1.807) is 46.0 Å². The topological polar surface area (TPSA) is 97.7 Å². The Bertz CT molecular complexity index is 1460. The number of ether oxygens (including phenoxy) is 1. The second-order valence-electron chi connectivity index (χ2n) is 8.95. The van der Waals surface area contributed by atoms with E-state index in [-0.39, 0.29) is 66.5 Å². The van der Waals surface area contributed by atoms with Gasteiger partial charge in [0.05, 0.1) is 0 Å². The molecule has 5 rings (SSSR count). The van der Waals surface area contributed by atoms with Crippen molar-refractivity contribution in [3.05, 3.63) is 70.1 Å². The number of fused-ring (bicyclic) bond motifs is 2. The van der Waals surface area contributed by atoms with Gasteiger partial charge in [0.2, 0.25) is 0 Å². The molecule has 0 saturated carbocycles. The molecule has 1 aromatic heterocycles. The normalized spacial score (nSPS) is 20.2. The maximum absolute atomic E-state index is 14.2. The molecule has 0 bridgehead atoms. The fourth-order valence-corrected chi connectivity index (χ4v) is 8.09. The van der Waals surface area contributed by atoms with Gasteiger partial charge >= 0.3 is 228 Å². The van der Waals surface area contributed by atoms with E-state index in [9.17, 15) is 23.6 Å². The van der Waals surface area contributed by atoms with Crippen LogP contribution in [0, 0.1) is 5.82 Å². The Hall–Kier alpha value is -2.99. The molecule has 3 aromatic rings. The van der Waals surface area contributed by atoms with Crippen LogP contribution < -0.4 is 26.5 Å². The van der Waals surface area contributed by atoms with Crippen LogP contribution in [-0.2, 0) is 27.4 Å². The van der Waals surface area contributed by atoms with E-state index in [1.807, 2.05) is 0 Å². The van der Waals surface area contributed by atoms with Crippen LogP contribution in [0.15, 0.2) is 42.6 Å². The van der Waals surface area contributed by atoms with Crippen LogP contribution in [0.3, 0.4) is 0 Å². The van der Waals surface area contributed by atoms with E-state index in [4.69, 9.17) is 16.3 Å². The zero-order chi connectivity index (χ0) is 26.4. The summed E-state index contributed by atoms with van der Waals surface area (Å²) in [5, 5.41) is 3.36. The molecule has 37 heavy (non-hydrogen) atoms. The Balaban J connectivity index is 1.37. The van der Waals surface area contributed by atoms with E-state index in [0.717, 1.165) is 0 Å². The van der Waals surface area contributed by atoms with E-state index in [0.29, 0.717) is 32.4 Å². The SMILES string of the molecule is COC(=O)c1ccc2c(C(C)=O)cn(CC(=O)N3[C@@H]4[I-][C@@H]4C[C@H]3C(=O)NCc3cccc(Cl)c3F)c2c1. The van der Waals surface area contributed by atoms with Crippen LogP contribution in [0.1, 0.15) is 39.6 Å². The number of halogens is 3. The molecule has 3 heterocycles. The first-order valence-electron chi connectivity index (χ1n) is 11.6. The molecule has 3 atom stereocenters. The van der Waals surface area contributed by atoms with E-state index in [2.05, 4.69) is 5.32 Å². The standard InChI is InChI=1S/C26H23ClFIN3O5/c1-13(33)17-11-31(20-8-14(26(36)37-2)6-7-16(17)20)12-22(34)32-21(9-19-24(32)29-19)25(35)30-10-15-4-3-5-18(27)23(15)28/h3-8,11,19,21,24H,9-10,12H2,1-2H3,(H,30,35)/q-1/t19-,21+,24+/m1/s1. The third kappa shape index (κ3) is 4.84. The number of nitrogens with zero attached hydrogens (tertiary/aromatic N) is 2. The number of amides is 2. The van der Waals surface area contributed by atoms with Crippen LogP contribution in [0.2, 0.25) is 5.02 Å². The molecule has 194 valence electrons. The molecular formula is C26H23ClFIN3O5-. The molecule has 0 aliphatic carbocycles. The number of nitrogens with one attached hydrogen (secondary N) is 1. The van der Waals surface area contributed by atoms with Crippen LogP contribution in [0.25, 0.3) is 10.9 Å². The van der Waals surface area contributed by atoms with Crippen molar-refractivity contribution in [3.8, 4) is 0 Å². The van der Waals surface area contributed by atoms with Gasteiger partial charge in [-0.05, 0) is 0 Å². The van der Waals surface area contributed by atoms with Gasteiger partial charge in [0, 0.05) is 0 Å². The van der Waals surface area contributed by atoms with Gasteiger partial charge in [0.15, 0.2) is 0 Å². The van der Waals surface area contributed by atoms with Crippen molar-refractivity contribution >= 4 is 46.1 Å². The summed E-state index contributed by atoms with van der Waals surface area (Å²) in [6.45, 7) is 1.32. The van der Waals surface area contributed by atoms with Crippen molar-refractivity contribution in [1.29, 1.82) is 0 Å². The summed E-state index contributed by atoms with van der Waals surface area (Å²) >= 11 is 5.63. The minimum atomic E-state index is -0.641. The van der Waals surface area contributed by atoms with Crippen molar-refractivity contribution in [3.63, 3.8) is 0 Å². The summed E-state index contributed by atoms with van der Waals surface area (Å²) in [5.74, 6) is -1.84. The molecule has 0 unspecified atom stereocenters. The number of ketones is 1. The zero-order valence-electron chi connectivity index (χ0n) is 20.0. The number of rotatable bonds is 7. The van der Waals surface area contributed by atoms with Crippen LogP contribution in [0.5, 0.6) is 0 Å². The Kier molecular flexibility index (Phi) is 6.97. The van der Waals surface area contributed by atoms with Crippen molar-refractivity contribution in [2.75, 3.05) is 7.11 Å². The molecule has 2 amide bonds. The molecule has 2 aliphatic heterocycles. The number of methoxy groups -OCH3 is 1. The quantitative estimate of drug-likeness (QED) is 0.131. The monoisotopic (exact) mass is 638 g/mol. The summed E-state index contributed by atoms with van der Waals surface area (Å²) in [5.41, 5.74) is 1.57. The maximum atomic E-state index is 14.2. The minimum absolute atomic E-state index is 0.0188.